The quantitative estimate of drug-likeness (QED) is 0.870. The van der Waals surface area contributed by atoms with Gasteiger partial charge in [0.1, 0.15) is 0 Å². The van der Waals surface area contributed by atoms with E-state index in [2.05, 4.69) is 30.3 Å². The zero-order valence-electron chi connectivity index (χ0n) is 11.8. The number of nitrogens with one attached hydrogen (secondary N) is 1. The van der Waals surface area contributed by atoms with Gasteiger partial charge in [0.05, 0.1) is 24.0 Å². The van der Waals surface area contributed by atoms with Crippen LogP contribution in [0.2, 0.25) is 0 Å². The van der Waals surface area contributed by atoms with E-state index in [0.717, 1.165) is 26.2 Å². The average molecular weight is 251 g/mol. The molecule has 1 saturated heterocycles. The fourth-order valence-electron chi connectivity index (χ4n) is 2.77. The van der Waals surface area contributed by atoms with Gasteiger partial charge in [0.2, 0.25) is 0 Å². The van der Waals surface area contributed by atoms with Gasteiger partial charge >= 0.3 is 0 Å². The predicted molar refractivity (Wildman–Crippen MR) is 72.5 cm³/mol. The first kappa shape index (κ1) is 13.6. The Hall–Kier alpha value is -0.870. The fraction of sp³-hybridized carbons (Fsp3) is 0.786. The summed E-state index contributed by atoms with van der Waals surface area (Å²) in [6.07, 6.45) is 3.41. The lowest BCUT2D eigenvalue weighted by Crippen LogP contribution is -2.34. The lowest BCUT2D eigenvalue weighted by molar-refractivity contribution is 0.0380. The van der Waals surface area contributed by atoms with Crippen LogP contribution in [0.25, 0.3) is 0 Å². The number of aryl methyl sites for hydroxylation is 2. The Balaban J connectivity index is 2.19. The molecule has 1 aromatic heterocycles. The van der Waals surface area contributed by atoms with Crippen LogP contribution in [0.4, 0.5) is 0 Å². The maximum absolute atomic E-state index is 5.63. The summed E-state index contributed by atoms with van der Waals surface area (Å²) in [7, 11) is 2.04. The molecular weight excluding hydrogens is 226 g/mol. The van der Waals surface area contributed by atoms with Crippen molar-refractivity contribution >= 4 is 0 Å². The van der Waals surface area contributed by atoms with Gasteiger partial charge in [-0.25, -0.2) is 0 Å². The second-order valence-electron chi connectivity index (χ2n) is 5.05. The van der Waals surface area contributed by atoms with Gasteiger partial charge in [-0.15, -0.1) is 0 Å². The molecule has 2 rings (SSSR count). The van der Waals surface area contributed by atoms with Crippen LogP contribution in [0.3, 0.4) is 0 Å². The Kier molecular flexibility index (Phi) is 4.78. The van der Waals surface area contributed by atoms with Gasteiger partial charge in [-0.3, -0.25) is 4.68 Å². The molecule has 18 heavy (non-hydrogen) atoms. The maximum Gasteiger partial charge on any atom is 0.0625 e. The normalized spacial score (nSPS) is 22.1. The van der Waals surface area contributed by atoms with Crippen molar-refractivity contribution in [3.63, 3.8) is 0 Å². The molecule has 4 nitrogen and oxygen atoms in total. The van der Waals surface area contributed by atoms with E-state index in [9.17, 15) is 0 Å². The Bertz CT molecular complexity index is 369. The van der Waals surface area contributed by atoms with E-state index >= 15 is 0 Å². The fourth-order valence-corrected chi connectivity index (χ4v) is 2.77. The molecule has 4 heteroatoms. The maximum atomic E-state index is 5.63. The molecule has 0 aromatic carbocycles. The smallest absolute Gasteiger partial charge is 0.0625 e. The number of nitrogens with zero attached hydrogens (tertiary/aromatic N) is 2. The molecule has 0 amide bonds. The number of ether oxygens (including phenoxy) is 1. The third-order valence-electron chi connectivity index (χ3n) is 3.74. The van der Waals surface area contributed by atoms with Crippen molar-refractivity contribution in [1.29, 1.82) is 0 Å². The van der Waals surface area contributed by atoms with Gasteiger partial charge in [0.25, 0.3) is 0 Å². The van der Waals surface area contributed by atoms with E-state index in [1.165, 1.54) is 24.2 Å². The summed E-state index contributed by atoms with van der Waals surface area (Å²) in [5.41, 5.74) is 2.47. The first-order valence-electron chi connectivity index (χ1n) is 7.10. The highest BCUT2D eigenvalue weighted by Gasteiger charge is 2.27. The van der Waals surface area contributed by atoms with Crippen molar-refractivity contribution in [2.75, 3.05) is 19.8 Å². The standard InChI is InChI=1S/C14H25N3O/c1-4-12-9-13(17(3)16-12)14(15-5-2)11-7-6-8-18-10-11/h9,11,14-15H,4-8,10H2,1-3H3. The first-order valence-corrected chi connectivity index (χ1v) is 7.10. The zero-order chi connectivity index (χ0) is 13.0. The van der Waals surface area contributed by atoms with E-state index in [1.807, 2.05) is 11.7 Å². The summed E-state index contributed by atoms with van der Waals surface area (Å²) in [6.45, 7) is 7.07. The Morgan fingerprint density at radius 2 is 2.39 bits per heavy atom. The highest BCUT2D eigenvalue weighted by atomic mass is 16.5. The molecule has 1 N–H and O–H groups in total. The van der Waals surface area contributed by atoms with E-state index < -0.39 is 0 Å². The molecule has 1 aliphatic heterocycles. The highest BCUT2D eigenvalue weighted by molar-refractivity contribution is 5.15. The van der Waals surface area contributed by atoms with Crippen LogP contribution in [0.15, 0.2) is 6.07 Å². The van der Waals surface area contributed by atoms with Crippen LogP contribution < -0.4 is 5.32 Å². The summed E-state index contributed by atoms with van der Waals surface area (Å²) < 4.78 is 7.66. The number of hydrogen-bond donors (Lipinski definition) is 1. The van der Waals surface area contributed by atoms with Gasteiger partial charge in [-0.2, -0.15) is 5.10 Å². The molecule has 102 valence electrons. The van der Waals surface area contributed by atoms with Crippen LogP contribution in [-0.4, -0.2) is 29.5 Å². The van der Waals surface area contributed by atoms with E-state index in [4.69, 9.17) is 4.74 Å². The minimum absolute atomic E-state index is 0.369. The van der Waals surface area contributed by atoms with Gasteiger partial charge in [-0.1, -0.05) is 13.8 Å². The lowest BCUT2D eigenvalue weighted by Gasteiger charge is -2.30. The molecule has 1 aliphatic rings. The molecule has 0 aliphatic carbocycles. The van der Waals surface area contributed by atoms with Crippen molar-refractivity contribution in [2.24, 2.45) is 13.0 Å². The van der Waals surface area contributed by atoms with Gasteiger partial charge in [0, 0.05) is 19.6 Å². The van der Waals surface area contributed by atoms with E-state index in [1.54, 1.807) is 0 Å². The van der Waals surface area contributed by atoms with E-state index in [0.29, 0.717) is 12.0 Å². The predicted octanol–water partition coefficient (Wildman–Crippen LogP) is 2.06. The zero-order valence-corrected chi connectivity index (χ0v) is 11.8. The second kappa shape index (κ2) is 6.34. The van der Waals surface area contributed by atoms with Crippen molar-refractivity contribution in [2.45, 2.75) is 39.2 Å². The number of aromatic nitrogens is 2. The molecule has 1 fully saturated rings. The first-order chi connectivity index (χ1) is 8.76. The largest absolute Gasteiger partial charge is 0.381 e. The minimum atomic E-state index is 0.369. The summed E-state index contributed by atoms with van der Waals surface area (Å²) in [5, 5.41) is 8.17. The van der Waals surface area contributed by atoms with Crippen molar-refractivity contribution in [3.05, 3.63) is 17.5 Å². The second-order valence-corrected chi connectivity index (χ2v) is 5.05. The third-order valence-corrected chi connectivity index (χ3v) is 3.74. The van der Waals surface area contributed by atoms with Crippen LogP contribution >= 0.6 is 0 Å². The van der Waals surface area contributed by atoms with Crippen molar-refractivity contribution in [3.8, 4) is 0 Å². The summed E-state index contributed by atoms with van der Waals surface area (Å²) in [6, 6.07) is 2.61. The molecule has 0 saturated carbocycles. The molecule has 2 unspecified atom stereocenters. The molecular formula is C14H25N3O. The van der Waals surface area contributed by atoms with Gasteiger partial charge in [-0.05, 0) is 31.9 Å². The summed E-state index contributed by atoms with van der Waals surface area (Å²) >= 11 is 0. The van der Waals surface area contributed by atoms with Gasteiger partial charge in [0.15, 0.2) is 0 Å². The SMILES string of the molecule is CCNC(c1cc(CC)nn1C)C1CCCOC1. The molecule has 2 atom stereocenters. The van der Waals surface area contributed by atoms with Crippen LogP contribution in [-0.2, 0) is 18.2 Å². The molecule has 0 spiro atoms. The number of rotatable bonds is 5. The number of hydrogen-bond acceptors (Lipinski definition) is 3. The average Bonchev–Trinajstić information content (AvgIpc) is 2.78. The minimum Gasteiger partial charge on any atom is -0.381 e. The highest BCUT2D eigenvalue weighted by Crippen LogP contribution is 2.29. The molecule has 0 radical (unpaired) electrons. The van der Waals surface area contributed by atoms with Crippen LogP contribution in [0, 0.1) is 5.92 Å². The molecule has 1 aromatic rings. The molecule has 0 bridgehead atoms. The lowest BCUT2D eigenvalue weighted by atomic mass is 9.91. The van der Waals surface area contributed by atoms with Crippen molar-refractivity contribution < 1.29 is 4.74 Å². The third kappa shape index (κ3) is 2.93. The Labute approximate surface area is 110 Å². The van der Waals surface area contributed by atoms with Crippen LogP contribution in [0.5, 0.6) is 0 Å². The monoisotopic (exact) mass is 251 g/mol. The summed E-state index contributed by atoms with van der Waals surface area (Å²) in [4.78, 5) is 0. The van der Waals surface area contributed by atoms with Crippen LogP contribution in [0.1, 0.15) is 44.1 Å². The summed E-state index contributed by atoms with van der Waals surface area (Å²) in [5.74, 6) is 0.568. The molecule has 2 heterocycles. The van der Waals surface area contributed by atoms with E-state index in [-0.39, 0.29) is 0 Å². The topological polar surface area (TPSA) is 39.1 Å². The Morgan fingerprint density at radius 1 is 1.56 bits per heavy atom. The van der Waals surface area contributed by atoms with Gasteiger partial charge < -0.3 is 10.1 Å². The Morgan fingerprint density at radius 3 is 2.94 bits per heavy atom. The van der Waals surface area contributed by atoms with Crippen molar-refractivity contribution in [1.82, 2.24) is 15.1 Å².